The highest BCUT2D eigenvalue weighted by Gasteiger charge is 2.52. The lowest BCUT2D eigenvalue weighted by Crippen LogP contribution is -2.32. The van der Waals surface area contributed by atoms with Gasteiger partial charge in [-0.15, -0.1) is 0 Å². The van der Waals surface area contributed by atoms with Gasteiger partial charge in [0.1, 0.15) is 18.5 Å². The maximum absolute atomic E-state index is 13.4. The van der Waals surface area contributed by atoms with Gasteiger partial charge in [0.15, 0.2) is 5.76 Å². The SMILES string of the molecule is Cc1c(C(=O)NCC2CC(F)(F)CO2)oc2c1-c1nn(C[C@H]3COCCO3)cc1C1(CC1)C2. The van der Waals surface area contributed by atoms with Crippen molar-refractivity contribution in [2.24, 2.45) is 0 Å². The zero-order valence-corrected chi connectivity index (χ0v) is 18.5. The summed E-state index contributed by atoms with van der Waals surface area (Å²) in [7, 11) is 0. The summed E-state index contributed by atoms with van der Waals surface area (Å²) in [5.74, 6) is -2.27. The number of halogens is 2. The van der Waals surface area contributed by atoms with Crippen LogP contribution in [0.2, 0.25) is 0 Å². The normalized spacial score (nSPS) is 26.8. The Balaban J connectivity index is 1.24. The molecular formula is C23H27F2N3O5. The summed E-state index contributed by atoms with van der Waals surface area (Å²) < 4.78 is 51.0. The first-order valence-electron chi connectivity index (χ1n) is 11.5. The number of amides is 1. The molecule has 0 radical (unpaired) electrons. The van der Waals surface area contributed by atoms with E-state index in [1.165, 1.54) is 5.56 Å². The van der Waals surface area contributed by atoms with Gasteiger partial charge in [-0.25, -0.2) is 8.78 Å². The molecule has 2 atom stereocenters. The molecule has 1 N–H and O–H groups in total. The number of hydrogen-bond acceptors (Lipinski definition) is 6. The number of rotatable bonds is 5. The Morgan fingerprint density at radius 3 is 2.82 bits per heavy atom. The quantitative estimate of drug-likeness (QED) is 0.734. The molecule has 3 fully saturated rings. The molecule has 8 nitrogen and oxygen atoms in total. The predicted octanol–water partition coefficient (Wildman–Crippen LogP) is 2.61. The van der Waals surface area contributed by atoms with Gasteiger partial charge in [-0.1, -0.05) is 0 Å². The van der Waals surface area contributed by atoms with Crippen LogP contribution in [0.3, 0.4) is 0 Å². The number of nitrogens with zero attached hydrogens (tertiary/aromatic N) is 2. The number of ether oxygens (including phenoxy) is 3. The molecule has 2 aliphatic carbocycles. The van der Waals surface area contributed by atoms with E-state index in [1.54, 1.807) is 0 Å². The van der Waals surface area contributed by atoms with E-state index >= 15 is 0 Å². The van der Waals surface area contributed by atoms with Gasteiger partial charge in [0, 0.05) is 47.7 Å². The number of carbonyl (C=O) groups is 1. The van der Waals surface area contributed by atoms with Gasteiger partial charge in [0.25, 0.3) is 11.8 Å². The third-order valence-corrected chi connectivity index (χ3v) is 7.17. The molecule has 6 rings (SSSR count). The molecule has 1 spiro atoms. The van der Waals surface area contributed by atoms with Crippen molar-refractivity contribution in [2.75, 3.05) is 33.0 Å². The molecule has 1 amide bonds. The molecule has 2 aromatic rings. The lowest BCUT2D eigenvalue weighted by molar-refractivity contribution is -0.0946. The number of alkyl halides is 2. The first-order valence-corrected chi connectivity index (χ1v) is 11.5. The molecule has 1 saturated carbocycles. The molecule has 0 bridgehead atoms. The zero-order valence-electron chi connectivity index (χ0n) is 18.5. The Kier molecular flexibility index (Phi) is 4.90. The van der Waals surface area contributed by atoms with Gasteiger partial charge < -0.3 is 23.9 Å². The van der Waals surface area contributed by atoms with Gasteiger partial charge in [0.2, 0.25) is 0 Å². The maximum Gasteiger partial charge on any atom is 0.287 e. The third kappa shape index (κ3) is 3.77. The molecule has 10 heteroatoms. The van der Waals surface area contributed by atoms with E-state index in [9.17, 15) is 13.6 Å². The summed E-state index contributed by atoms with van der Waals surface area (Å²) in [6, 6.07) is 0. The van der Waals surface area contributed by atoms with Gasteiger partial charge in [-0.3, -0.25) is 9.48 Å². The minimum Gasteiger partial charge on any atom is -0.455 e. The Bertz CT molecular complexity index is 1080. The summed E-state index contributed by atoms with van der Waals surface area (Å²) in [6.45, 7) is 3.62. The van der Waals surface area contributed by atoms with Crippen LogP contribution in [-0.4, -0.2) is 66.8 Å². The van der Waals surface area contributed by atoms with Crippen molar-refractivity contribution in [2.45, 2.75) is 62.7 Å². The van der Waals surface area contributed by atoms with Crippen LogP contribution in [0.4, 0.5) is 8.78 Å². The monoisotopic (exact) mass is 463 g/mol. The molecular weight excluding hydrogens is 436 g/mol. The van der Waals surface area contributed by atoms with Gasteiger partial charge in [-0.2, -0.15) is 5.10 Å². The van der Waals surface area contributed by atoms with E-state index in [0.717, 1.165) is 41.8 Å². The van der Waals surface area contributed by atoms with E-state index < -0.39 is 24.5 Å². The van der Waals surface area contributed by atoms with E-state index in [-0.39, 0.29) is 30.2 Å². The van der Waals surface area contributed by atoms with Crippen molar-refractivity contribution in [3.63, 3.8) is 0 Å². The zero-order chi connectivity index (χ0) is 22.8. The first kappa shape index (κ1) is 21.2. The summed E-state index contributed by atoms with van der Waals surface area (Å²) in [5, 5.41) is 7.57. The number of fused-ring (bicyclic) bond motifs is 4. The smallest absolute Gasteiger partial charge is 0.287 e. The number of carbonyl (C=O) groups excluding carboxylic acids is 1. The van der Waals surface area contributed by atoms with Crippen LogP contribution >= 0.6 is 0 Å². The largest absolute Gasteiger partial charge is 0.455 e. The van der Waals surface area contributed by atoms with Crippen molar-refractivity contribution < 1.29 is 32.2 Å². The highest BCUT2D eigenvalue weighted by molar-refractivity contribution is 5.95. The summed E-state index contributed by atoms with van der Waals surface area (Å²) in [5.41, 5.74) is 3.68. The number of furan rings is 1. The molecule has 178 valence electrons. The Morgan fingerprint density at radius 2 is 2.12 bits per heavy atom. The fraction of sp³-hybridized carbons (Fsp3) is 0.652. The van der Waals surface area contributed by atoms with E-state index in [2.05, 4.69) is 11.5 Å². The molecule has 1 unspecified atom stereocenters. The third-order valence-electron chi connectivity index (χ3n) is 7.17. The van der Waals surface area contributed by atoms with Gasteiger partial charge in [0.05, 0.1) is 38.2 Å². The first-order chi connectivity index (χ1) is 15.8. The second-order valence-electron chi connectivity index (χ2n) is 9.70. The minimum atomic E-state index is -2.84. The minimum absolute atomic E-state index is 0.0197. The highest BCUT2D eigenvalue weighted by Crippen LogP contribution is 2.58. The van der Waals surface area contributed by atoms with E-state index in [0.29, 0.717) is 26.4 Å². The number of hydrogen-bond donors (Lipinski definition) is 1. The second kappa shape index (κ2) is 7.61. The summed E-state index contributed by atoms with van der Waals surface area (Å²) in [6.07, 6.45) is 3.83. The molecule has 4 heterocycles. The highest BCUT2D eigenvalue weighted by atomic mass is 19.3. The molecule has 2 aromatic heterocycles. The maximum atomic E-state index is 13.4. The molecule has 33 heavy (non-hydrogen) atoms. The molecule has 2 saturated heterocycles. The Hall–Kier alpha value is -2.30. The van der Waals surface area contributed by atoms with Gasteiger partial charge >= 0.3 is 0 Å². The average molecular weight is 463 g/mol. The van der Waals surface area contributed by atoms with Crippen molar-refractivity contribution in [1.82, 2.24) is 15.1 Å². The number of aromatic nitrogens is 2. The Morgan fingerprint density at radius 1 is 1.27 bits per heavy atom. The predicted molar refractivity (Wildman–Crippen MR) is 111 cm³/mol. The van der Waals surface area contributed by atoms with Crippen molar-refractivity contribution in [3.8, 4) is 11.3 Å². The van der Waals surface area contributed by atoms with Crippen LogP contribution in [0.25, 0.3) is 11.3 Å². The fourth-order valence-corrected chi connectivity index (χ4v) is 5.27. The van der Waals surface area contributed by atoms with E-state index in [1.807, 2.05) is 11.6 Å². The Labute approximate surface area is 189 Å². The topological polar surface area (TPSA) is 87.8 Å². The second-order valence-corrected chi connectivity index (χ2v) is 9.70. The van der Waals surface area contributed by atoms with Crippen LogP contribution in [0, 0.1) is 6.92 Å². The van der Waals surface area contributed by atoms with Crippen LogP contribution in [0.5, 0.6) is 0 Å². The lowest BCUT2D eigenvalue weighted by Gasteiger charge is -2.22. The lowest BCUT2D eigenvalue weighted by atomic mass is 9.82. The fourth-order valence-electron chi connectivity index (χ4n) is 5.27. The summed E-state index contributed by atoms with van der Waals surface area (Å²) >= 11 is 0. The molecule has 4 aliphatic rings. The molecule has 0 aromatic carbocycles. The summed E-state index contributed by atoms with van der Waals surface area (Å²) in [4.78, 5) is 12.9. The van der Waals surface area contributed by atoms with Crippen LogP contribution in [-0.2, 0) is 32.6 Å². The van der Waals surface area contributed by atoms with Crippen LogP contribution in [0.1, 0.15) is 46.7 Å². The van der Waals surface area contributed by atoms with Crippen LogP contribution < -0.4 is 5.32 Å². The average Bonchev–Trinajstić information content (AvgIpc) is 3.10. The van der Waals surface area contributed by atoms with Crippen molar-refractivity contribution >= 4 is 5.91 Å². The molecule has 2 aliphatic heterocycles. The van der Waals surface area contributed by atoms with Crippen LogP contribution in [0.15, 0.2) is 10.6 Å². The van der Waals surface area contributed by atoms with E-state index in [4.69, 9.17) is 23.7 Å². The number of nitrogens with one attached hydrogen (secondary N) is 1. The van der Waals surface area contributed by atoms with Crippen molar-refractivity contribution in [3.05, 3.63) is 28.8 Å². The van der Waals surface area contributed by atoms with Gasteiger partial charge in [-0.05, 0) is 19.8 Å². The van der Waals surface area contributed by atoms with Crippen molar-refractivity contribution in [1.29, 1.82) is 0 Å². The standard InChI is InChI=1S/C23H27F2N3O5/c1-13-18-17(33-20(13)21(29)26-8-14-6-23(24,25)12-32-14)7-22(2-3-22)16-10-28(27-19(16)18)9-15-11-30-4-5-31-15/h10,14-15H,2-9,11-12H2,1H3,(H,26,29)/t14?,15-/m0/s1.